The SMILES string of the molecule is COc1ccc(C)cc1NC(=O)C(=O)NCCc1sc(-c2ccc(Cl)cc2)nc1C. The topological polar surface area (TPSA) is 80.3 Å². The normalized spacial score (nSPS) is 10.5. The van der Waals surface area contributed by atoms with Crippen LogP contribution in [0.5, 0.6) is 5.75 Å². The van der Waals surface area contributed by atoms with Crippen LogP contribution < -0.4 is 15.4 Å². The van der Waals surface area contributed by atoms with E-state index in [1.54, 1.807) is 23.5 Å². The number of anilines is 1. The lowest BCUT2D eigenvalue weighted by Gasteiger charge is -2.11. The van der Waals surface area contributed by atoms with Crippen molar-refractivity contribution in [1.29, 1.82) is 0 Å². The van der Waals surface area contributed by atoms with Crippen molar-refractivity contribution in [1.82, 2.24) is 10.3 Å². The molecule has 2 amide bonds. The number of ether oxygens (including phenoxy) is 1. The molecule has 3 aromatic rings. The first kappa shape index (κ1) is 21.8. The van der Waals surface area contributed by atoms with E-state index in [1.165, 1.54) is 7.11 Å². The molecule has 0 atom stereocenters. The average Bonchev–Trinajstić information content (AvgIpc) is 3.09. The lowest BCUT2D eigenvalue weighted by molar-refractivity contribution is -0.136. The highest BCUT2D eigenvalue weighted by molar-refractivity contribution is 7.15. The Bertz CT molecular complexity index is 1060. The van der Waals surface area contributed by atoms with Gasteiger partial charge in [0.25, 0.3) is 0 Å². The Balaban J connectivity index is 1.56. The van der Waals surface area contributed by atoms with Gasteiger partial charge in [-0.3, -0.25) is 9.59 Å². The molecule has 1 heterocycles. The van der Waals surface area contributed by atoms with Crippen molar-refractivity contribution in [2.45, 2.75) is 20.3 Å². The quantitative estimate of drug-likeness (QED) is 0.554. The molecule has 0 spiro atoms. The molecule has 0 saturated heterocycles. The van der Waals surface area contributed by atoms with E-state index in [1.807, 2.05) is 44.2 Å². The predicted octanol–water partition coefficient (Wildman–Crippen LogP) is 4.39. The van der Waals surface area contributed by atoms with Crippen LogP contribution in [0, 0.1) is 13.8 Å². The van der Waals surface area contributed by atoms with E-state index in [0.717, 1.165) is 26.7 Å². The molecule has 0 saturated carbocycles. The minimum Gasteiger partial charge on any atom is -0.495 e. The number of amides is 2. The fraction of sp³-hybridized carbons (Fsp3) is 0.227. The van der Waals surface area contributed by atoms with Gasteiger partial charge in [0.05, 0.1) is 18.5 Å². The van der Waals surface area contributed by atoms with Gasteiger partial charge in [-0.1, -0.05) is 29.8 Å². The van der Waals surface area contributed by atoms with Gasteiger partial charge >= 0.3 is 11.8 Å². The van der Waals surface area contributed by atoms with E-state index in [0.29, 0.717) is 29.4 Å². The van der Waals surface area contributed by atoms with E-state index in [-0.39, 0.29) is 0 Å². The average molecular weight is 444 g/mol. The second kappa shape index (κ2) is 9.73. The summed E-state index contributed by atoms with van der Waals surface area (Å²) in [7, 11) is 1.51. The number of carbonyl (C=O) groups is 2. The van der Waals surface area contributed by atoms with Crippen molar-refractivity contribution in [2.24, 2.45) is 0 Å². The highest BCUT2D eigenvalue weighted by Crippen LogP contribution is 2.29. The number of carbonyl (C=O) groups excluding carboxylic acids is 2. The summed E-state index contributed by atoms with van der Waals surface area (Å²) in [4.78, 5) is 30.0. The van der Waals surface area contributed by atoms with Crippen molar-refractivity contribution in [3.63, 3.8) is 0 Å². The van der Waals surface area contributed by atoms with Crippen molar-refractivity contribution in [3.05, 3.63) is 63.6 Å². The lowest BCUT2D eigenvalue weighted by atomic mass is 10.2. The maximum atomic E-state index is 12.2. The molecule has 2 N–H and O–H groups in total. The molecule has 1 aromatic heterocycles. The number of benzene rings is 2. The molecule has 6 nitrogen and oxygen atoms in total. The highest BCUT2D eigenvalue weighted by Gasteiger charge is 2.16. The smallest absolute Gasteiger partial charge is 0.313 e. The third-order valence-corrected chi connectivity index (χ3v) is 5.95. The minimum absolute atomic E-state index is 0.334. The second-order valence-electron chi connectivity index (χ2n) is 6.70. The van der Waals surface area contributed by atoms with Crippen molar-refractivity contribution in [3.8, 4) is 16.3 Å². The van der Waals surface area contributed by atoms with Gasteiger partial charge in [-0.25, -0.2) is 4.98 Å². The van der Waals surface area contributed by atoms with Gasteiger partial charge in [-0.15, -0.1) is 11.3 Å². The number of rotatable bonds is 6. The maximum absolute atomic E-state index is 12.2. The number of thiazole rings is 1. The van der Waals surface area contributed by atoms with E-state index < -0.39 is 11.8 Å². The van der Waals surface area contributed by atoms with Gasteiger partial charge in [0.15, 0.2) is 0 Å². The second-order valence-corrected chi connectivity index (χ2v) is 8.22. The summed E-state index contributed by atoms with van der Waals surface area (Å²) >= 11 is 7.50. The number of halogens is 1. The van der Waals surface area contributed by atoms with Crippen LogP contribution in [0.4, 0.5) is 5.69 Å². The summed E-state index contributed by atoms with van der Waals surface area (Å²) < 4.78 is 5.22. The van der Waals surface area contributed by atoms with Crippen LogP contribution in [0.1, 0.15) is 16.1 Å². The summed E-state index contributed by atoms with van der Waals surface area (Å²) in [6.07, 6.45) is 0.587. The molecule has 30 heavy (non-hydrogen) atoms. The van der Waals surface area contributed by atoms with Crippen LogP contribution in [-0.4, -0.2) is 30.5 Å². The summed E-state index contributed by atoms with van der Waals surface area (Å²) in [6.45, 7) is 4.16. The van der Waals surface area contributed by atoms with Gasteiger partial charge in [0, 0.05) is 28.4 Å². The molecular formula is C22H22ClN3O3S. The monoisotopic (exact) mass is 443 g/mol. The van der Waals surface area contributed by atoms with Crippen molar-refractivity contribution >= 4 is 40.4 Å². The predicted molar refractivity (Wildman–Crippen MR) is 120 cm³/mol. The number of nitrogens with one attached hydrogen (secondary N) is 2. The molecule has 0 bridgehead atoms. The highest BCUT2D eigenvalue weighted by atomic mass is 35.5. The molecule has 0 aliphatic carbocycles. The fourth-order valence-electron chi connectivity index (χ4n) is 2.84. The number of aromatic nitrogens is 1. The van der Waals surface area contributed by atoms with Crippen LogP contribution in [0.3, 0.4) is 0 Å². The summed E-state index contributed by atoms with van der Waals surface area (Å²) in [5.41, 5.74) is 3.31. The lowest BCUT2D eigenvalue weighted by Crippen LogP contribution is -2.36. The van der Waals surface area contributed by atoms with Gasteiger partial charge in [0.1, 0.15) is 10.8 Å². The van der Waals surface area contributed by atoms with Crippen LogP contribution >= 0.6 is 22.9 Å². The van der Waals surface area contributed by atoms with E-state index >= 15 is 0 Å². The molecule has 0 aliphatic rings. The molecule has 3 rings (SSSR count). The van der Waals surface area contributed by atoms with Crippen molar-refractivity contribution in [2.75, 3.05) is 19.0 Å². The van der Waals surface area contributed by atoms with Gasteiger partial charge < -0.3 is 15.4 Å². The molecular weight excluding hydrogens is 422 g/mol. The third-order valence-electron chi connectivity index (χ3n) is 4.43. The zero-order valence-corrected chi connectivity index (χ0v) is 18.5. The zero-order valence-electron chi connectivity index (χ0n) is 16.9. The largest absolute Gasteiger partial charge is 0.495 e. The molecule has 2 aromatic carbocycles. The summed E-state index contributed by atoms with van der Waals surface area (Å²) in [6, 6.07) is 12.9. The molecule has 0 unspecified atom stereocenters. The molecule has 0 fully saturated rings. The Kier molecular flexibility index (Phi) is 7.07. The van der Waals surface area contributed by atoms with Gasteiger partial charge in [-0.2, -0.15) is 0 Å². The number of hydrogen-bond donors (Lipinski definition) is 2. The number of methoxy groups -OCH3 is 1. The third kappa shape index (κ3) is 5.37. The minimum atomic E-state index is -0.734. The first-order valence-corrected chi connectivity index (χ1v) is 10.5. The van der Waals surface area contributed by atoms with E-state index in [9.17, 15) is 9.59 Å². The molecule has 8 heteroatoms. The molecule has 0 aliphatic heterocycles. The standard InChI is InChI=1S/C22H22ClN3O3S/c1-13-4-9-18(29-3)17(12-13)26-21(28)20(27)24-11-10-19-14(2)25-22(30-19)15-5-7-16(23)8-6-15/h4-9,12H,10-11H2,1-3H3,(H,24,27)(H,26,28). The number of hydrogen-bond acceptors (Lipinski definition) is 5. The van der Waals surface area contributed by atoms with Gasteiger partial charge in [0.2, 0.25) is 0 Å². The Labute approximate surface area is 184 Å². The maximum Gasteiger partial charge on any atom is 0.313 e. The van der Waals surface area contributed by atoms with Gasteiger partial charge in [-0.05, 0) is 43.7 Å². The van der Waals surface area contributed by atoms with Crippen LogP contribution in [-0.2, 0) is 16.0 Å². The first-order chi connectivity index (χ1) is 14.4. The Morgan fingerprint density at radius 3 is 2.53 bits per heavy atom. The van der Waals surface area contributed by atoms with E-state index in [2.05, 4.69) is 15.6 Å². The fourth-order valence-corrected chi connectivity index (χ4v) is 4.04. The summed E-state index contributed by atoms with van der Waals surface area (Å²) in [5, 5.41) is 6.83. The van der Waals surface area contributed by atoms with Crippen LogP contribution in [0.15, 0.2) is 42.5 Å². The number of nitrogens with zero attached hydrogens (tertiary/aromatic N) is 1. The van der Waals surface area contributed by atoms with Crippen LogP contribution in [0.25, 0.3) is 10.6 Å². The van der Waals surface area contributed by atoms with Crippen LogP contribution in [0.2, 0.25) is 5.02 Å². The Morgan fingerprint density at radius 1 is 1.10 bits per heavy atom. The first-order valence-electron chi connectivity index (χ1n) is 9.33. The Morgan fingerprint density at radius 2 is 1.83 bits per heavy atom. The molecule has 156 valence electrons. The van der Waals surface area contributed by atoms with E-state index in [4.69, 9.17) is 16.3 Å². The van der Waals surface area contributed by atoms with Crippen molar-refractivity contribution < 1.29 is 14.3 Å². The summed E-state index contributed by atoms with van der Waals surface area (Å²) in [5.74, 6) is -0.933. The Hall–Kier alpha value is -2.90. The number of aryl methyl sites for hydroxylation is 2. The molecule has 0 radical (unpaired) electrons. The zero-order chi connectivity index (χ0) is 21.7.